The minimum absolute atomic E-state index is 0.449. The molecule has 1 saturated heterocycles. The normalized spacial score (nSPS) is 22.2. The molecule has 70 valence electrons. The molecule has 1 heterocycles. The summed E-state index contributed by atoms with van der Waals surface area (Å²) in [5.74, 6) is 0. The van der Waals surface area contributed by atoms with Crippen LogP contribution in [0.2, 0.25) is 5.02 Å². The maximum absolute atomic E-state index is 6.12. The van der Waals surface area contributed by atoms with Crippen LogP contribution < -0.4 is 5.32 Å². The molecule has 1 fully saturated rings. The van der Waals surface area contributed by atoms with Crippen LogP contribution in [-0.4, -0.2) is 6.54 Å². The molecule has 0 radical (unpaired) electrons. The van der Waals surface area contributed by atoms with Crippen molar-refractivity contribution in [2.45, 2.75) is 18.9 Å². The van der Waals surface area contributed by atoms with Crippen LogP contribution in [0.3, 0.4) is 0 Å². The molecule has 1 aromatic rings. The number of hydrogen-bond donors (Lipinski definition) is 1. The van der Waals surface area contributed by atoms with Crippen molar-refractivity contribution in [1.29, 1.82) is 0 Å². The van der Waals surface area contributed by atoms with Gasteiger partial charge in [-0.05, 0) is 43.1 Å². The van der Waals surface area contributed by atoms with E-state index in [1.165, 1.54) is 18.4 Å². The van der Waals surface area contributed by atoms with E-state index in [4.69, 9.17) is 11.6 Å². The van der Waals surface area contributed by atoms with E-state index in [0.717, 1.165) is 16.0 Å². The number of nitrogens with one attached hydrogen (secondary N) is 1. The first-order chi connectivity index (χ1) is 6.27. The smallest absolute Gasteiger partial charge is 0.0454 e. The zero-order valence-electron chi connectivity index (χ0n) is 7.19. The van der Waals surface area contributed by atoms with Crippen LogP contribution in [-0.2, 0) is 0 Å². The lowest BCUT2D eigenvalue weighted by Crippen LogP contribution is -2.13. The van der Waals surface area contributed by atoms with Crippen molar-refractivity contribution in [3.05, 3.63) is 33.3 Å². The molecular weight excluding hydrogens is 249 g/mol. The second-order valence-corrected chi connectivity index (χ2v) is 4.64. The van der Waals surface area contributed by atoms with Gasteiger partial charge >= 0.3 is 0 Å². The fraction of sp³-hybridized carbons (Fsp3) is 0.400. The monoisotopic (exact) mass is 259 g/mol. The van der Waals surface area contributed by atoms with Gasteiger partial charge in [0.05, 0.1) is 0 Å². The highest BCUT2D eigenvalue weighted by molar-refractivity contribution is 9.10. The van der Waals surface area contributed by atoms with Gasteiger partial charge in [-0.25, -0.2) is 0 Å². The fourth-order valence-electron chi connectivity index (χ4n) is 1.73. The summed E-state index contributed by atoms with van der Waals surface area (Å²) in [6.45, 7) is 1.10. The van der Waals surface area contributed by atoms with Gasteiger partial charge in [-0.1, -0.05) is 27.5 Å². The van der Waals surface area contributed by atoms with Crippen LogP contribution in [0, 0.1) is 0 Å². The summed E-state index contributed by atoms with van der Waals surface area (Å²) in [4.78, 5) is 0. The van der Waals surface area contributed by atoms with Gasteiger partial charge in [0.1, 0.15) is 0 Å². The summed E-state index contributed by atoms with van der Waals surface area (Å²) < 4.78 is 1.10. The molecule has 0 amide bonds. The van der Waals surface area contributed by atoms with E-state index in [2.05, 4.69) is 27.3 Å². The Morgan fingerprint density at radius 2 is 2.31 bits per heavy atom. The van der Waals surface area contributed by atoms with E-state index in [9.17, 15) is 0 Å². The van der Waals surface area contributed by atoms with Crippen LogP contribution in [0.15, 0.2) is 22.7 Å². The molecular formula is C10H11BrClN. The third-order valence-electron chi connectivity index (χ3n) is 2.39. The van der Waals surface area contributed by atoms with E-state index in [0.29, 0.717) is 6.04 Å². The Morgan fingerprint density at radius 3 is 3.00 bits per heavy atom. The van der Waals surface area contributed by atoms with Crippen LogP contribution in [0.5, 0.6) is 0 Å². The van der Waals surface area contributed by atoms with Crippen molar-refractivity contribution in [3.63, 3.8) is 0 Å². The highest BCUT2D eigenvalue weighted by Gasteiger charge is 2.18. The zero-order chi connectivity index (χ0) is 9.26. The second kappa shape index (κ2) is 3.99. The number of rotatable bonds is 1. The number of hydrogen-bond acceptors (Lipinski definition) is 1. The molecule has 1 aliphatic heterocycles. The summed E-state index contributed by atoms with van der Waals surface area (Å²) >= 11 is 9.57. The van der Waals surface area contributed by atoms with Gasteiger partial charge < -0.3 is 5.32 Å². The highest BCUT2D eigenvalue weighted by Crippen LogP contribution is 2.31. The fourth-order valence-corrected chi connectivity index (χ4v) is 2.36. The lowest BCUT2D eigenvalue weighted by atomic mass is 10.1. The summed E-state index contributed by atoms with van der Waals surface area (Å²) in [6.07, 6.45) is 2.43. The molecule has 1 nitrogen and oxygen atoms in total. The molecule has 0 saturated carbocycles. The summed E-state index contributed by atoms with van der Waals surface area (Å²) in [6, 6.07) is 6.47. The van der Waals surface area contributed by atoms with E-state index in [1.807, 2.05) is 12.1 Å². The van der Waals surface area contributed by atoms with Gasteiger partial charge in [-0.15, -0.1) is 0 Å². The maximum atomic E-state index is 6.12. The Kier molecular flexibility index (Phi) is 2.92. The molecule has 13 heavy (non-hydrogen) atoms. The van der Waals surface area contributed by atoms with Crippen LogP contribution >= 0.6 is 27.5 Å². The quantitative estimate of drug-likeness (QED) is 0.814. The molecule has 1 unspecified atom stereocenters. The Balaban J connectivity index is 2.32. The second-order valence-electron chi connectivity index (χ2n) is 3.31. The van der Waals surface area contributed by atoms with Crippen LogP contribution in [0.4, 0.5) is 0 Å². The molecule has 0 aliphatic carbocycles. The van der Waals surface area contributed by atoms with E-state index < -0.39 is 0 Å². The Labute approximate surface area is 91.6 Å². The van der Waals surface area contributed by atoms with Crippen molar-refractivity contribution in [1.82, 2.24) is 5.32 Å². The minimum atomic E-state index is 0.449. The average molecular weight is 261 g/mol. The van der Waals surface area contributed by atoms with Gasteiger partial charge in [-0.2, -0.15) is 0 Å². The van der Waals surface area contributed by atoms with Gasteiger partial charge in [-0.3, -0.25) is 0 Å². The summed E-state index contributed by atoms with van der Waals surface area (Å²) in [7, 11) is 0. The SMILES string of the molecule is Clc1ccc(Br)cc1C1CCCN1. The Hall–Kier alpha value is -0.0500. The number of benzene rings is 1. The molecule has 1 N–H and O–H groups in total. The van der Waals surface area contributed by atoms with Crippen molar-refractivity contribution in [2.75, 3.05) is 6.54 Å². The lowest BCUT2D eigenvalue weighted by Gasteiger charge is -2.12. The van der Waals surface area contributed by atoms with Crippen LogP contribution in [0.25, 0.3) is 0 Å². The van der Waals surface area contributed by atoms with Crippen molar-refractivity contribution >= 4 is 27.5 Å². The van der Waals surface area contributed by atoms with Crippen molar-refractivity contribution in [3.8, 4) is 0 Å². The number of halogens is 2. The third kappa shape index (κ3) is 2.06. The van der Waals surface area contributed by atoms with E-state index >= 15 is 0 Å². The van der Waals surface area contributed by atoms with E-state index in [-0.39, 0.29) is 0 Å². The molecule has 0 bridgehead atoms. The molecule has 2 rings (SSSR count). The molecule has 1 atom stereocenters. The molecule has 3 heteroatoms. The first-order valence-corrected chi connectivity index (χ1v) is 5.63. The molecule has 1 aliphatic rings. The first kappa shape index (κ1) is 9.50. The standard InChI is InChI=1S/C10H11BrClN/c11-7-3-4-9(12)8(6-7)10-2-1-5-13-10/h3-4,6,10,13H,1-2,5H2. The molecule has 0 aromatic heterocycles. The van der Waals surface area contributed by atoms with Crippen LogP contribution in [0.1, 0.15) is 24.4 Å². The largest absolute Gasteiger partial charge is 0.310 e. The van der Waals surface area contributed by atoms with Gasteiger partial charge in [0.25, 0.3) is 0 Å². The van der Waals surface area contributed by atoms with Gasteiger partial charge in [0.2, 0.25) is 0 Å². The molecule has 0 spiro atoms. The average Bonchev–Trinajstić information content (AvgIpc) is 2.61. The van der Waals surface area contributed by atoms with E-state index in [1.54, 1.807) is 0 Å². The first-order valence-electron chi connectivity index (χ1n) is 4.46. The third-order valence-corrected chi connectivity index (χ3v) is 3.23. The zero-order valence-corrected chi connectivity index (χ0v) is 9.53. The molecule has 1 aromatic carbocycles. The topological polar surface area (TPSA) is 12.0 Å². The van der Waals surface area contributed by atoms with Crippen molar-refractivity contribution < 1.29 is 0 Å². The van der Waals surface area contributed by atoms with Gasteiger partial charge in [0, 0.05) is 15.5 Å². The Bertz CT molecular complexity index is 308. The summed E-state index contributed by atoms with van der Waals surface area (Å²) in [5, 5.41) is 4.30. The van der Waals surface area contributed by atoms with Crippen molar-refractivity contribution in [2.24, 2.45) is 0 Å². The lowest BCUT2D eigenvalue weighted by molar-refractivity contribution is 0.647. The highest BCUT2D eigenvalue weighted by atomic mass is 79.9. The van der Waals surface area contributed by atoms with Gasteiger partial charge in [0.15, 0.2) is 0 Å². The summed E-state index contributed by atoms with van der Waals surface area (Å²) in [5.41, 5.74) is 1.22. The predicted octanol–water partition coefficient (Wildman–Crippen LogP) is 3.53. The Morgan fingerprint density at radius 1 is 1.46 bits per heavy atom. The minimum Gasteiger partial charge on any atom is -0.310 e. The maximum Gasteiger partial charge on any atom is 0.0454 e. The predicted molar refractivity (Wildman–Crippen MR) is 59.1 cm³/mol.